The van der Waals surface area contributed by atoms with E-state index >= 15 is 0 Å². The van der Waals surface area contributed by atoms with Gasteiger partial charge in [-0.1, -0.05) is 23.8 Å². The van der Waals surface area contributed by atoms with Crippen LogP contribution in [0, 0.1) is 0 Å². The van der Waals surface area contributed by atoms with E-state index in [1.165, 1.54) is 12.4 Å². The van der Waals surface area contributed by atoms with Crippen molar-refractivity contribution < 1.29 is 9.50 Å². The predicted octanol–water partition coefficient (Wildman–Crippen LogP) is 3.88. The van der Waals surface area contributed by atoms with Gasteiger partial charge in [-0.25, -0.2) is 9.38 Å². The van der Waals surface area contributed by atoms with Crippen LogP contribution in [0.25, 0.3) is 0 Å². The first kappa shape index (κ1) is 24.3. The molecule has 2 heterocycles. The lowest BCUT2D eigenvalue weighted by atomic mass is 9.99. The van der Waals surface area contributed by atoms with Gasteiger partial charge in [-0.2, -0.15) is 0 Å². The molecule has 3 aliphatic rings. The van der Waals surface area contributed by atoms with Gasteiger partial charge in [0, 0.05) is 57.1 Å². The number of halogens is 1. The molecule has 0 radical (unpaired) electrons. The number of hydrogen-bond acceptors (Lipinski definition) is 5. The minimum atomic E-state index is -0.00343. The smallest absolute Gasteiger partial charge is 0.170 e. The molecule has 0 amide bonds. The quantitative estimate of drug-likeness (QED) is 0.383. The number of likely N-dealkylation sites (tertiary alicyclic amines) is 1. The lowest BCUT2D eigenvalue weighted by Gasteiger charge is -2.47. The zero-order valence-electron chi connectivity index (χ0n) is 19.7. The molecule has 2 aliphatic heterocycles. The molecule has 1 atom stereocenters. The van der Waals surface area contributed by atoms with E-state index in [-0.39, 0.29) is 11.6 Å². The summed E-state index contributed by atoms with van der Waals surface area (Å²) in [4.78, 5) is 11.4. The van der Waals surface area contributed by atoms with Crippen LogP contribution in [-0.4, -0.2) is 77.0 Å². The van der Waals surface area contributed by atoms with Gasteiger partial charge in [0.05, 0.1) is 0 Å². The maximum atomic E-state index is 14.4. The third-order valence-electron chi connectivity index (χ3n) is 6.68. The molecule has 1 unspecified atom stereocenters. The molecule has 3 N–H and O–H groups in total. The van der Waals surface area contributed by atoms with Crippen molar-refractivity contribution in [2.24, 2.45) is 10.7 Å². The Kier molecular flexibility index (Phi) is 8.70. The number of nitrogens with two attached hydrogens (primary N) is 1. The van der Waals surface area contributed by atoms with Crippen LogP contribution in [-0.2, 0) is 0 Å². The topological polar surface area (TPSA) is 68.3 Å². The third kappa shape index (κ3) is 6.11. The molecule has 0 aromatic heterocycles. The number of amidine groups is 1. The highest BCUT2D eigenvalue weighted by molar-refractivity contribution is 5.96. The Labute approximate surface area is 192 Å². The van der Waals surface area contributed by atoms with E-state index in [9.17, 15) is 9.50 Å². The van der Waals surface area contributed by atoms with E-state index in [4.69, 9.17) is 5.73 Å². The summed E-state index contributed by atoms with van der Waals surface area (Å²) in [5, 5.41) is 10.3. The molecule has 6 nitrogen and oxygen atoms in total. The first-order valence-corrected chi connectivity index (χ1v) is 11.7. The van der Waals surface area contributed by atoms with E-state index < -0.39 is 0 Å². The fourth-order valence-corrected chi connectivity index (χ4v) is 4.82. The van der Waals surface area contributed by atoms with E-state index in [1.54, 1.807) is 13.0 Å². The highest BCUT2D eigenvalue weighted by atomic mass is 19.1. The van der Waals surface area contributed by atoms with Crippen LogP contribution >= 0.6 is 0 Å². The summed E-state index contributed by atoms with van der Waals surface area (Å²) >= 11 is 0. The van der Waals surface area contributed by atoms with Gasteiger partial charge in [0.15, 0.2) is 11.6 Å². The van der Waals surface area contributed by atoms with Gasteiger partial charge in [-0.15, -0.1) is 0 Å². The average Bonchev–Trinajstić information content (AvgIpc) is 2.95. The fourth-order valence-electron chi connectivity index (χ4n) is 4.82. The predicted molar refractivity (Wildman–Crippen MR) is 130 cm³/mol. The van der Waals surface area contributed by atoms with Crippen LogP contribution in [0.5, 0.6) is 0 Å². The lowest BCUT2D eigenvalue weighted by molar-refractivity contribution is 0.0429. The third-order valence-corrected chi connectivity index (χ3v) is 6.68. The Morgan fingerprint density at radius 3 is 2.66 bits per heavy atom. The average molecular weight is 444 g/mol. The molecule has 0 aromatic rings. The second-order valence-electron chi connectivity index (χ2n) is 8.92. The molecule has 7 heteroatoms. The molecule has 3 rings (SSSR count). The molecule has 0 aromatic carbocycles. The summed E-state index contributed by atoms with van der Waals surface area (Å²) in [6, 6.07) is 0.895. The van der Waals surface area contributed by atoms with Gasteiger partial charge >= 0.3 is 0 Å². The van der Waals surface area contributed by atoms with Gasteiger partial charge in [-0.3, -0.25) is 9.80 Å². The number of hydrogen-bond donors (Lipinski definition) is 2. The Balaban J connectivity index is 1.54. The number of aliphatic imine (C=N–C) groups is 1. The molecule has 2 saturated heterocycles. The number of nitrogens with zero attached hydrogens (tertiary/aromatic N) is 4. The zero-order valence-corrected chi connectivity index (χ0v) is 19.7. The largest absolute Gasteiger partial charge is 0.504 e. The van der Waals surface area contributed by atoms with Crippen molar-refractivity contribution in [3.8, 4) is 0 Å². The molecular formula is C25H38FN5O. The monoisotopic (exact) mass is 443 g/mol. The van der Waals surface area contributed by atoms with E-state index in [2.05, 4.69) is 26.6 Å². The summed E-state index contributed by atoms with van der Waals surface area (Å²) in [6.45, 7) is 11.3. The summed E-state index contributed by atoms with van der Waals surface area (Å²) in [5.74, 6) is 0.750. The molecule has 0 spiro atoms. The van der Waals surface area contributed by atoms with Gasteiger partial charge in [0.2, 0.25) is 0 Å². The summed E-state index contributed by atoms with van der Waals surface area (Å²) in [5.41, 5.74) is 7.38. The van der Waals surface area contributed by atoms with Crippen LogP contribution in [0.4, 0.5) is 4.39 Å². The van der Waals surface area contributed by atoms with Crippen LogP contribution in [0.3, 0.4) is 0 Å². The molecule has 1 aliphatic carbocycles. The highest BCUT2D eigenvalue weighted by Gasteiger charge is 2.33. The van der Waals surface area contributed by atoms with Gasteiger partial charge in [0.1, 0.15) is 5.83 Å². The van der Waals surface area contributed by atoms with E-state index in [1.807, 2.05) is 25.2 Å². The van der Waals surface area contributed by atoms with Crippen molar-refractivity contribution in [1.29, 1.82) is 0 Å². The Morgan fingerprint density at radius 1 is 1.25 bits per heavy atom. The van der Waals surface area contributed by atoms with E-state index in [0.29, 0.717) is 30.9 Å². The second-order valence-corrected chi connectivity index (χ2v) is 8.92. The fraction of sp³-hybridized carbons (Fsp3) is 0.560. The Morgan fingerprint density at radius 2 is 2.00 bits per heavy atom. The van der Waals surface area contributed by atoms with Crippen molar-refractivity contribution in [3.05, 3.63) is 59.4 Å². The zero-order chi connectivity index (χ0) is 23.1. The van der Waals surface area contributed by atoms with Crippen molar-refractivity contribution in [2.75, 3.05) is 39.3 Å². The standard InChI is InChI=1S/C25H38FN5O/c1-4-24(32)25(28-12-11-27)30-15-16-31(20(3)17-30)22-9-13-29(14-10-22)18-21-7-5-19(2)6-8-23(21)26/h4-7,11-12,20,22,32H,8-10,13-18,27H2,1-3H3/b12-11+,24-4+,28-25+. The number of aliphatic hydroxyl groups is 1. The maximum Gasteiger partial charge on any atom is 0.170 e. The number of allylic oxidation sites excluding steroid dienone is 5. The first-order valence-electron chi connectivity index (χ1n) is 11.7. The second kappa shape index (κ2) is 11.5. The number of aliphatic hydroxyl groups excluding tert-OH is 1. The molecule has 0 saturated carbocycles. The van der Waals surface area contributed by atoms with Crippen molar-refractivity contribution in [2.45, 2.75) is 52.1 Å². The number of piperidine rings is 1. The van der Waals surface area contributed by atoms with Crippen molar-refractivity contribution in [3.63, 3.8) is 0 Å². The number of piperazine rings is 1. The van der Waals surface area contributed by atoms with Gasteiger partial charge in [-0.05, 0) is 58.4 Å². The first-order chi connectivity index (χ1) is 15.4. The summed E-state index contributed by atoms with van der Waals surface area (Å²) in [7, 11) is 0. The normalized spacial score (nSPS) is 25.6. The van der Waals surface area contributed by atoms with E-state index in [0.717, 1.165) is 56.7 Å². The Hall–Kier alpha value is -2.38. The lowest BCUT2D eigenvalue weighted by Crippen LogP contribution is -2.58. The SMILES string of the molecule is C\C=C(O)/C(=N\C=C\N)N1CCN(C2CCN(CC3=C(F)CC=C(C)C=C3)CC2)C(C)C1. The molecule has 32 heavy (non-hydrogen) atoms. The molecule has 176 valence electrons. The number of rotatable bonds is 5. The highest BCUT2D eigenvalue weighted by Crippen LogP contribution is 2.25. The molecular weight excluding hydrogens is 405 g/mol. The van der Waals surface area contributed by atoms with Crippen LogP contribution in [0.1, 0.15) is 40.0 Å². The summed E-state index contributed by atoms with van der Waals surface area (Å²) < 4.78 is 14.4. The minimum absolute atomic E-state index is 0.00343. The molecule has 2 fully saturated rings. The van der Waals surface area contributed by atoms with Gasteiger partial charge < -0.3 is 15.7 Å². The maximum absolute atomic E-state index is 14.4. The Bertz CT molecular complexity index is 833. The summed E-state index contributed by atoms with van der Waals surface area (Å²) in [6.07, 6.45) is 13.1. The van der Waals surface area contributed by atoms with Crippen molar-refractivity contribution >= 4 is 5.84 Å². The van der Waals surface area contributed by atoms with Gasteiger partial charge in [0.25, 0.3) is 0 Å². The molecule has 0 bridgehead atoms. The van der Waals surface area contributed by atoms with Crippen LogP contribution in [0.15, 0.2) is 64.4 Å². The van der Waals surface area contributed by atoms with Crippen molar-refractivity contribution in [1.82, 2.24) is 14.7 Å². The van der Waals surface area contributed by atoms with Crippen LogP contribution in [0.2, 0.25) is 0 Å². The minimum Gasteiger partial charge on any atom is -0.504 e. The van der Waals surface area contributed by atoms with Crippen LogP contribution < -0.4 is 5.73 Å².